The van der Waals surface area contributed by atoms with Crippen molar-refractivity contribution in [3.05, 3.63) is 0 Å². The van der Waals surface area contributed by atoms with E-state index in [0.717, 1.165) is 0 Å². The van der Waals surface area contributed by atoms with E-state index in [-0.39, 0.29) is 11.9 Å². The van der Waals surface area contributed by atoms with E-state index in [2.05, 4.69) is 16.2 Å². The van der Waals surface area contributed by atoms with Gasteiger partial charge in [-0.2, -0.15) is 0 Å². The number of ether oxygens (including phenoxy) is 1. The van der Waals surface area contributed by atoms with E-state index >= 15 is 0 Å². The van der Waals surface area contributed by atoms with E-state index < -0.39 is 6.10 Å². The molecule has 0 spiro atoms. The summed E-state index contributed by atoms with van der Waals surface area (Å²) in [6, 6.07) is 0. The molecule has 4 nitrogen and oxygen atoms in total. The first-order valence-corrected chi connectivity index (χ1v) is 4.12. The molecule has 1 N–H and O–H groups in total. The molecule has 0 saturated carbocycles. The third-order valence-electron chi connectivity index (χ3n) is 1.73. The van der Waals surface area contributed by atoms with Gasteiger partial charge >= 0.3 is 5.97 Å². The van der Waals surface area contributed by atoms with Crippen molar-refractivity contribution in [2.75, 3.05) is 13.1 Å². The molecule has 0 aromatic rings. The first kappa shape index (κ1) is 9.59. The largest absolute Gasteiger partial charge is 0.449 e. The average Bonchev–Trinajstić information content (AvgIpc) is 2.19. The van der Waals surface area contributed by atoms with Crippen LogP contribution in [0.15, 0.2) is 4.99 Å². The van der Waals surface area contributed by atoms with Gasteiger partial charge in [-0.15, -0.1) is 6.42 Å². The van der Waals surface area contributed by atoms with Crippen LogP contribution >= 0.6 is 0 Å². The van der Waals surface area contributed by atoms with Gasteiger partial charge in [-0.1, -0.05) is 5.92 Å². The smallest absolute Gasteiger partial charge is 0.313 e. The zero-order valence-electron chi connectivity index (χ0n) is 7.49. The molecule has 0 radical (unpaired) electrons. The van der Waals surface area contributed by atoms with Gasteiger partial charge in [-0.3, -0.25) is 9.79 Å². The zero-order valence-corrected chi connectivity index (χ0v) is 7.49. The fourth-order valence-corrected chi connectivity index (χ4v) is 0.966. The number of terminal acetylenes is 1. The summed E-state index contributed by atoms with van der Waals surface area (Å²) in [5, 5.41) is 2.86. The van der Waals surface area contributed by atoms with E-state index in [9.17, 15) is 4.79 Å². The molecule has 1 heterocycles. The number of rotatable bonds is 2. The minimum atomic E-state index is -0.460. The quantitative estimate of drug-likeness (QED) is 0.473. The van der Waals surface area contributed by atoms with Crippen molar-refractivity contribution in [3.8, 4) is 12.3 Å². The molecule has 0 aliphatic carbocycles. The van der Waals surface area contributed by atoms with Crippen molar-refractivity contribution >= 4 is 12.3 Å². The molecule has 0 aromatic heterocycles. The Bertz CT molecular complexity index is 255. The highest BCUT2D eigenvalue weighted by Gasteiger charge is 2.22. The van der Waals surface area contributed by atoms with Crippen molar-refractivity contribution in [1.82, 2.24) is 5.32 Å². The highest BCUT2D eigenvalue weighted by Crippen LogP contribution is 2.04. The minimum Gasteiger partial charge on any atom is -0.449 e. The lowest BCUT2D eigenvalue weighted by Crippen LogP contribution is -2.36. The maximum Gasteiger partial charge on any atom is 0.313 e. The number of hydrogen-bond donors (Lipinski definition) is 1. The standard InChI is InChI=1S/C9H12N2O2/c1-3-7(2)13-9(12)8-4-10-6-11-5-8/h1,6-8H,4-5H2,2H3,(H,10,11). The molecular formula is C9H12N2O2. The number of nitrogens with one attached hydrogen (secondary N) is 1. The number of esters is 1. The van der Waals surface area contributed by atoms with Gasteiger partial charge in [0.15, 0.2) is 6.10 Å². The first-order chi connectivity index (χ1) is 6.24. The highest BCUT2D eigenvalue weighted by atomic mass is 16.5. The van der Waals surface area contributed by atoms with Crippen LogP contribution in [0.5, 0.6) is 0 Å². The van der Waals surface area contributed by atoms with Gasteiger partial charge in [0.2, 0.25) is 0 Å². The molecule has 0 aromatic carbocycles. The minimum absolute atomic E-state index is 0.208. The summed E-state index contributed by atoms with van der Waals surface area (Å²) in [5.74, 6) is 1.84. The lowest BCUT2D eigenvalue weighted by atomic mass is 10.1. The van der Waals surface area contributed by atoms with Gasteiger partial charge in [0.1, 0.15) is 0 Å². The summed E-state index contributed by atoms with van der Waals surface area (Å²) in [4.78, 5) is 15.3. The zero-order chi connectivity index (χ0) is 9.68. The van der Waals surface area contributed by atoms with Crippen molar-refractivity contribution in [2.24, 2.45) is 10.9 Å². The molecule has 2 unspecified atom stereocenters. The van der Waals surface area contributed by atoms with Gasteiger partial charge in [-0.25, -0.2) is 0 Å². The summed E-state index contributed by atoms with van der Waals surface area (Å²) in [6.07, 6.45) is 6.21. The maximum atomic E-state index is 11.3. The second-order valence-corrected chi connectivity index (χ2v) is 2.85. The van der Waals surface area contributed by atoms with E-state index in [1.54, 1.807) is 13.3 Å². The molecule has 1 rings (SSSR count). The predicted octanol–water partition coefficient (Wildman–Crippen LogP) is -0.201. The third kappa shape index (κ3) is 2.79. The number of carbonyl (C=O) groups excluding carboxylic acids is 1. The molecular weight excluding hydrogens is 168 g/mol. The summed E-state index contributed by atoms with van der Waals surface area (Å²) in [5.41, 5.74) is 0. The molecule has 13 heavy (non-hydrogen) atoms. The predicted molar refractivity (Wildman–Crippen MR) is 49.2 cm³/mol. The molecule has 70 valence electrons. The van der Waals surface area contributed by atoms with Gasteiger partial charge < -0.3 is 10.1 Å². The summed E-state index contributed by atoms with van der Waals surface area (Å²) < 4.78 is 4.95. The lowest BCUT2D eigenvalue weighted by molar-refractivity contribution is -0.150. The summed E-state index contributed by atoms with van der Waals surface area (Å²) in [6.45, 7) is 2.71. The molecule has 0 amide bonds. The van der Waals surface area contributed by atoms with Crippen molar-refractivity contribution in [3.63, 3.8) is 0 Å². The SMILES string of the molecule is C#CC(C)OC(=O)C1CN=CNC1. The number of carbonyl (C=O) groups is 1. The topological polar surface area (TPSA) is 50.7 Å². The van der Waals surface area contributed by atoms with Gasteiger partial charge in [0.05, 0.1) is 18.8 Å². The van der Waals surface area contributed by atoms with Crippen molar-refractivity contribution in [2.45, 2.75) is 13.0 Å². The van der Waals surface area contributed by atoms with Gasteiger partial charge in [0.25, 0.3) is 0 Å². The van der Waals surface area contributed by atoms with Crippen LogP contribution in [0.25, 0.3) is 0 Å². The average molecular weight is 180 g/mol. The fraction of sp³-hybridized carbons (Fsp3) is 0.556. The molecule has 0 fully saturated rings. The van der Waals surface area contributed by atoms with Crippen molar-refractivity contribution < 1.29 is 9.53 Å². The van der Waals surface area contributed by atoms with Crippen LogP contribution in [-0.2, 0) is 9.53 Å². The Hall–Kier alpha value is -1.50. The maximum absolute atomic E-state index is 11.3. The van der Waals surface area contributed by atoms with E-state index in [1.807, 2.05) is 0 Å². The molecule has 1 aliphatic rings. The number of aliphatic imine (C=N–C) groups is 1. The fourth-order valence-electron chi connectivity index (χ4n) is 0.966. The highest BCUT2D eigenvalue weighted by molar-refractivity contribution is 5.75. The van der Waals surface area contributed by atoms with Crippen LogP contribution in [0.4, 0.5) is 0 Å². The Balaban J connectivity index is 2.39. The van der Waals surface area contributed by atoms with Gasteiger partial charge in [0, 0.05) is 6.54 Å². The Morgan fingerprint density at radius 2 is 2.69 bits per heavy atom. The first-order valence-electron chi connectivity index (χ1n) is 4.12. The van der Waals surface area contributed by atoms with Gasteiger partial charge in [-0.05, 0) is 6.92 Å². The van der Waals surface area contributed by atoms with Crippen LogP contribution in [0, 0.1) is 18.3 Å². The molecule has 2 atom stereocenters. The second kappa shape index (κ2) is 4.51. The number of nitrogens with zero attached hydrogens (tertiary/aromatic N) is 1. The summed E-state index contributed by atoms with van der Waals surface area (Å²) >= 11 is 0. The van der Waals surface area contributed by atoms with Crippen LogP contribution < -0.4 is 5.32 Å². The monoisotopic (exact) mass is 180 g/mol. The summed E-state index contributed by atoms with van der Waals surface area (Å²) in [7, 11) is 0. The molecule has 1 aliphatic heterocycles. The van der Waals surface area contributed by atoms with E-state index in [4.69, 9.17) is 11.2 Å². The van der Waals surface area contributed by atoms with Crippen LogP contribution in [0.2, 0.25) is 0 Å². The van der Waals surface area contributed by atoms with E-state index in [0.29, 0.717) is 13.1 Å². The molecule has 0 bridgehead atoms. The van der Waals surface area contributed by atoms with Crippen LogP contribution in [0.3, 0.4) is 0 Å². The molecule has 4 heteroatoms. The lowest BCUT2D eigenvalue weighted by Gasteiger charge is -2.18. The Morgan fingerprint density at radius 3 is 3.23 bits per heavy atom. The third-order valence-corrected chi connectivity index (χ3v) is 1.73. The molecule has 0 saturated heterocycles. The van der Waals surface area contributed by atoms with Crippen molar-refractivity contribution in [1.29, 1.82) is 0 Å². The van der Waals surface area contributed by atoms with Crippen LogP contribution in [-0.4, -0.2) is 31.5 Å². The Kier molecular flexibility index (Phi) is 3.32. The Morgan fingerprint density at radius 1 is 1.92 bits per heavy atom. The van der Waals surface area contributed by atoms with E-state index in [1.165, 1.54) is 0 Å². The Labute approximate surface area is 77.4 Å². The van der Waals surface area contributed by atoms with Crippen LogP contribution in [0.1, 0.15) is 6.92 Å². The normalized spacial score (nSPS) is 22.6. The number of hydrogen-bond acceptors (Lipinski definition) is 4. The second-order valence-electron chi connectivity index (χ2n) is 2.85.